The second-order valence-electron chi connectivity index (χ2n) is 6.50. The van der Waals surface area contributed by atoms with Crippen molar-refractivity contribution in [2.24, 2.45) is 5.41 Å². The lowest BCUT2D eigenvalue weighted by Crippen LogP contribution is -2.32. The lowest BCUT2D eigenvalue weighted by atomic mass is 9.87. The zero-order valence-corrected chi connectivity index (χ0v) is 12.9. The van der Waals surface area contributed by atoms with Gasteiger partial charge in [0.2, 0.25) is 5.95 Å². The van der Waals surface area contributed by atoms with Crippen molar-refractivity contribution in [1.29, 1.82) is 0 Å². The molecule has 0 spiro atoms. The van der Waals surface area contributed by atoms with Crippen molar-refractivity contribution >= 4 is 5.95 Å². The normalized spacial score (nSPS) is 23.5. The van der Waals surface area contributed by atoms with Crippen molar-refractivity contribution < 1.29 is 4.74 Å². The maximum atomic E-state index is 5.26. The zero-order valence-electron chi connectivity index (χ0n) is 12.9. The van der Waals surface area contributed by atoms with Crippen molar-refractivity contribution in [3.05, 3.63) is 11.9 Å². The fourth-order valence-corrected chi connectivity index (χ4v) is 3.03. The van der Waals surface area contributed by atoms with Gasteiger partial charge in [-0.3, -0.25) is 0 Å². The first-order chi connectivity index (χ1) is 8.94. The van der Waals surface area contributed by atoms with Crippen LogP contribution in [0.5, 0.6) is 0 Å². The van der Waals surface area contributed by atoms with Gasteiger partial charge in [0.05, 0.1) is 18.3 Å². The molecule has 108 valence electrons. The van der Waals surface area contributed by atoms with Crippen LogP contribution < -0.4 is 5.32 Å². The number of methoxy groups -OCH3 is 1. The van der Waals surface area contributed by atoms with E-state index in [-0.39, 0.29) is 0 Å². The molecule has 0 aromatic carbocycles. The lowest BCUT2D eigenvalue weighted by molar-refractivity contribution is 0.162. The van der Waals surface area contributed by atoms with Gasteiger partial charge in [-0.15, -0.1) is 0 Å². The van der Waals surface area contributed by atoms with Gasteiger partial charge < -0.3 is 14.6 Å². The number of ether oxygens (including phenoxy) is 1. The third-order valence-electron chi connectivity index (χ3n) is 4.30. The summed E-state index contributed by atoms with van der Waals surface area (Å²) in [5, 5.41) is 3.66. The maximum absolute atomic E-state index is 5.26. The van der Waals surface area contributed by atoms with Crippen LogP contribution in [0.2, 0.25) is 0 Å². The molecule has 1 fully saturated rings. The van der Waals surface area contributed by atoms with Gasteiger partial charge in [0.15, 0.2) is 0 Å². The molecule has 2 atom stereocenters. The molecule has 1 aromatic rings. The highest BCUT2D eigenvalue weighted by Crippen LogP contribution is 2.39. The van der Waals surface area contributed by atoms with E-state index in [1.165, 1.54) is 19.3 Å². The van der Waals surface area contributed by atoms with E-state index in [9.17, 15) is 0 Å². The molecule has 2 unspecified atom stereocenters. The van der Waals surface area contributed by atoms with E-state index in [4.69, 9.17) is 4.74 Å². The molecule has 0 bridgehead atoms. The van der Waals surface area contributed by atoms with Crippen molar-refractivity contribution in [1.82, 2.24) is 9.55 Å². The Balaban J connectivity index is 2.16. The largest absolute Gasteiger partial charge is 0.383 e. The van der Waals surface area contributed by atoms with Crippen LogP contribution in [0.15, 0.2) is 6.20 Å². The fraction of sp³-hybridized carbons (Fsp3) is 0.800. The van der Waals surface area contributed by atoms with E-state index in [0.29, 0.717) is 24.1 Å². The number of aryl methyl sites for hydroxylation is 1. The predicted octanol–water partition coefficient (Wildman–Crippen LogP) is 3.39. The van der Waals surface area contributed by atoms with Crippen LogP contribution in [-0.4, -0.2) is 29.3 Å². The van der Waals surface area contributed by atoms with Gasteiger partial charge in [-0.1, -0.05) is 20.3 Å². The van der Waals surface area contributed by atoms with Gasteiger partial charge in [-0.25, -0.2) is 4.98 Å². The molecule has 1 N–H and O–H groups in total. The number of aromatic nitrogens is 2. The number of nitrogens with zero attached hydrogens (tertiary/aromatic N) is 2. The van der Waals surface area contributed by atoms with Crippen LogP contribution in [0, 0.1) is 12.3 Å². The average molecular weight is 265 g/mol. The Labute approximate surface area is 116 Å². The second-order valence-corrected chi connectivity index (χ2v) is 6.50. The Bertz CT molecular complexity index is 425. The van der Waals surface area contributed by atoms with Crippen molar-refractivity contribution in [2.45, 2.75) is 59.0 Å². The van der Waals surface area contributed by atoms with Gasteiger partial charge in [-0.2, -0.15) is 0 Å². The molecule has 0 aliphatic heterocycles. The number of hydrogen-bond acceptors (Lipinski definition) is 3. The number of anilines is 1. The van der Waals surface area contributed by atoms with Gasteiger partial charge >= 0.3 is 0 Å². The van der Waals surface area contributed by atoms with Crippen LogP contribution in [-0.2, 0) is 4.74 Å². The van der Waals surface area contributed by atoms with Crippen LogP contribution in [0.4, 0.5) is 5.95 Å². The minimum atomic E-state index is 0.304. The topological polar surface area (TPSA) is 39.1 Å². The van der Waals surface area contributed by atoms with Crippen molar-refractivity contribution in [3.8, 4) is 0 Å². The number of rotatable bonds is 5. The van der Waals surface area contributed by atoms with Gasteiger partial charge in [0.25, 0.3) is 0 Å². The number of nitrogens with one attached hydrogen (secondary N) is 1. The average Bonchev–Trinajstić information content (AvgIpc) is 2.84. The predicted molar refractivity (Wildman–Crippen MR) is 78.6 cm³/mol. The molecule has 4 nitrogen and oxygen atoms in total. The molecule has 0 saturated heterocycles. The Morgan fingerprint density at radius 2 is 2.32 bits per heavy atom. The second kappa shape index (κ2) is 5.53. The van der Waals surface area contributed by atoms with Crippen LogP contribution in [0.1, 0.15) is 51.8 Å². The van der Waals surface area contributed by atoms with E-state index in [0.717, 1.165) is 11.6 Å². The summed E-state index contributed by atoms with van der Waals surface area (Å²) in [6, 6.07) is 0.820. The van der Waals surface area contributed by atoms with Gasteiger partial charge in [-0.05, 0) is 32.1 Å². The summed E-state index contributed by atoms with van der Waals surface area (Å²) < 4.78 is 7.46. The molecule has 19 heavy (non-hydrogen) atoms. The Morgan fingerprint density at radius 3 is 2.89 bits per heavy atom. The molecule has 4 heteroatoms. The first-order valence-corrected chi connectivity index (χ1v) is 7.25. The molecule has 2 rings (SSSR count). The van der Waals surface area contributed by atoms with E-state index in [1.807, 2.05) is 6.92 Å². The van der Waals surface area contributed by atoms with Crippen LogP contribution in [0.3, 0.4) is 0 Å². The molecule has 1 aliphatic carbocycles. The zero-order chi connectivity index (χ0) is 14.0. The quantitative estimate of drug-likeness (QED) is 0.887. The summed E-state index contributed by atoms with van der Waals surface area (Å²) in [6.07, 6.45) is 5.93. The van der Waals surface area contributed by atoms with Crippen LogP contribution >= 0.6 is 0 Å². The molecule has 1 saturated carbocycles. The summed E-state index contributed by atoms with van der Waals surface area (Å²) in [5.41, 5.74) is 1.41. The summed E-state index contributed by atoms with van der Waals surface area (Å²) >= 11 is 0. The molecular weight excluding hydrogens is 238 g/mol. The molecule has 1 heterocycles. The van der Waals surface area contributed by atoms with E-state index < -0.39 is 0 Å². The molecule has 1 aromatic heterocycles. The third-order valence-corrected chi connectivity index (χ3v) is 4.30. The first-order valence-electron chi connectivity index (χ1n) is 7.25. The summed E-state index contributed by atoms with van der Waals surface area (Å²) in [5.74, 6) is 0.988. The van der Waals surface area contributed by atoms with Crippen molar-refractivity contribution in [2.75, 3.05) is 19.0 Å². The standard InChI is InChI=1S/C15H27N3O/c1-11-9-18(12(2)10-19-5)14(16-11)17-13-7-6-8-15(13,3)4/h9,12-13H,6-8,10H2,1-5H3,(H,16,17). The Hall–Kier alpha value is -1.03. The Kier molecular flexibility index (Phi) is 4.19. The molecule has 1 aliphatic rings. The third kappa shape index (κ3) is 3.11. The monoisotopic (exact) mass is 265 g/mol. The minimum Gasteiger partial charge on any atom is -0.383 e. The van der Waals surface area contributed by atoms with E-state index in [1.54, 1.807) is 7.11 Å². The van der Waals surface area contributed by atoms with E-state index >= 15 is 0 Å². The van der Waals surface area contributed by atoms with Crippen molar-refractivity contribution in [3.63, 3.8) is 0 Å². The maximum Gasteiger partial charge on any atom is 0.203 e. The smallest absolute Gasteiger partial charge is 0.203 e. The summed E-state index contributed by atoms with van der Waals surface area (Å²) in [7, 11) is 1.74. The first kappa shape index (κ1) is 14.4. The Morgan fingerprint density at radius 1 is 1.58 bits per heavy atom. The lowest BCUT2D eigenvalue weighted by Gasteiger charge is -2.29. The summed E-state index contributed by atoms with van der Waals surface area (Å²) in [4.78, 5) is 4.64. The number of hydrogen-bond donors (Lipinski definition) is 1. The highest BCUT2D eigenvalue weighted by molar-refractivity contribution is 5.32. The molecule has 0 amide bonds. The molecule has 0 radical (unpaired) electrons. The summed E-state index contributed by atoms with van der Waals surface area (Å²) in [6.45, 7) is 9.60. The van der Waals surface area contributed by atoms with E-state index in [2.05, 4.69) is 41.8 Å². The molecular formula is C15H27N3O. The SMILES string of the molecule is COCC(C)n1cc(C)nc1NC1CCCC1(C)C. The number of imidazole rings is 1. The fourth-order valence-electron chi connectivity index (χ4n) is 3.03. The van der Waals surface area contributed by atoms with Crippen LogP contribution in [0.25, 0.3) is 0 Å². The highest BCUT2D eigenvalue weighted by atomic mass is 16.5. The highest BCUT2D eigenvalue weighted by Gasteiger charge is 2.35. The van der Waals surface area contributed by atoms with Gasteiger partial charge in [0, 0.05) is 19.3 Å². The van der Waals surface area contributed by atoms with Gasteiger partial charge in [0.1, 0.15) is 0 Å². The minimum absolute atomic E-state index is 0.304.